The first-order valence-electron chi connectivity index (χ1n) is 9.01. The van der Waals surface area contributed by atoms with Crippen molar-refractivity contribution in [1.29, 1.82) is 0 Å². The van der Waals surface area contributed by atoms with Crippen molar-refractivity contribution < 1.29 is 19.1 Å². The maximum absolute atomic E-state index is 12.8. The van der Waals surface area contributed by atoms with Crippen molar-refractivity contribution in [3.8, 4) is 0 Å². The molecule has 8 nitrogen and oxygen atoms in total. The Hall–Kier alpha value is -2.81. The summed E-state index contributed by atoms with van der Waals surface area (Å²) in [6.07, 6.45) is 3.84. The van der Waals surface area contributed by atoms with Crippen molar-refractivity contribution in [2.75, 3.05) is 18.4 Å². The molecule has 0 aliphatic rings. The van der Waals surface area contributed by atoms with E-state index < -0.39 is 11.9 Å². The third-order valence-electron chi connectivity index (χ3n) is 3.96. The number of nitrogens with zero attached hydrogens (tertiary/aromatic N) is 3. The fourth-order valence-electron chi connectivity index (χ4n) is 2.56. The van der Waals surface area contributed by atoms with Crippen LogP contribution in [-0.4, -0.2) is 51.8 Å². The number of amides is 2. The Balaban J connectivity index is 2.47. The van der Waals surface area contributed by atoms with E-state index in [2.05, 4.69) is 15.3 Å². The second-order valence-electron chi connectivity index (χ2n) is 6.24. The molecule has 2 amide bonds. The summed E-state index contributed by atoms with van der Waals surface area (Å²) < 4.78 is 5.31. The van der Waals surface area contributed by atoms with Gasteiger partial charge in [-0.25, -0.2) is 9.78 Å². The van der Waals surface area contributed by atoms with Gasteiger partial charge in [-0.05, 0) is 40.2 Å². The smallest absolute Gasteiger partial charge is 0.341 e. The lowest BCUT2D eigenvalue weighted by molar-refractivity contribution is 0.0379. The van der Waals surface area contributed by atoms with E-state index in [-0.39, 0.29) is 28.3 Å². The monoisotopic (exact) mass is 404 g/mol. The van der Waals surface area contributed by atoms with Crippen LogP contribution < -0.4 is 5.32 Å². The van der Waals surface area contributed by atoms with Gasteiger partial charge in [-0.3, -0.25) is 14.6 Å². The quantitative estimate of drug-likeness (QED) is 0.712. The third-order valence-corrected chi connectivity index (χ3v) is 5.16. The van der Waals surface area contributed by atoms with Gasteiger partial charge in [0.05, 0.1) is 22.7 Å². The summed E-state index contributed by atoms with van der Waals surface area (Å²) in [5.74, 6) is -1.29. The molecule has 0 atom stereocenters. The molecular weight excluding hydrogens is 380 g/mol. The highest BCUT2D eigenvalue weighted by molar-refractivity contribution is 7.18. The number of hydrogen-bond donors (Lipinski definition) is 1. The Morgan fingerprint density at radius 2 is 1.89 bits per heavy atom. The molecule has 150 valence electrons. The Labute approximate surface area is 167 Å². The van der Waals surface area contributed by atoms with Crippen LogP contribution in [0.2, 0.25) is 0 Å². The number of rotatable bonds is 7. The van der Waals surface area contributed by atoms with Crippen LogP contribution in [0.25, 0.3) is 0 Å². The maximum Gasteiger partial charge on any atom is 0.341 e. The highest BCUT2D eigenvalue weighted by Gasteiger charge is 2.29. The first-order valence-corrected chi connectivity index (χ1v) is 9.82. The first kappa shape index (κ1) is 21.5. The molecule has 0 radical (unpaired) electrons. The maximum atomic E-state index is 12.8. The van der Waals surface area contributed by atoms with Gasteiger partial charge in [0.1, 0.15) is 10.7 Å². The standard InChI is InChI=1S/C19H24N4O4S/c1-6-23(7-2)18(25)15-12(5)14(19(26)27-11(3)4)17(28-15)22-16(24)13-10-20-8-9-21-13/h8-11H,6-7H2,1-5H3,(H,22,24). The van der Waals surface area contributed by atoms with E-state index in [0.29, 0.717) is 23.5 Å². The summed E-state index contributed by atoms with van der Waals surface area (Å²) in [5, 5.41) is 2.94. The van der Waals surface area contributed by atoms with Gasteiger partial charge in [-0.2, -0.15) is 0 Å². The second-order valence-corrected chi connectivity index (χ2v) is 7.26. The molecule has 2 aromatic heterocycles. The van der Waals surface area contributed by atoms with Crippen molar-refractivity contribution in [3.63, 3.8) is 0 Å². The average molecular weight is 404 g/mol. The Morgan fingerprint density at radius 1 is 1.21 bits per heavy atom. The number of aromatic nitrogens is 2. The molecule has 2 rings (SSSR count). The highest BCUT2D eigenvalue weighted by Crippen LogP contribution is 2.35. The summed E-state index contributed by atoms with van der Waals surface area (Å²) >= 11 is 1.06. The van der Waals surface area contributed by atoms with Crippen LogP contribution in [0.15, 0.2) is 18.6 Å². The van der Waals surface area contributed by atoms with Gasteiger partial charge in [-0.1, -0.05) is 0 Å². The summed E-state index contributed by atoms with van der Waals surface area (Å²) in [6, 6.07) is 0. The molecule has 0 bridgehead atoms. The molecule has 2 aromatic rings. The van der Waals surface area contributed by atoms with E-state index in [1.54, 1.807) is 25.7 Å². The topological polar surface area (TPSA) is 101 Å². The van der Waals surface area contributed by atoms with Crippen LogP contribution in [-0.2, 0) is 4.74 Å². The fourth-order valence-corrected chi connectivity index (χ4v) is 3.72. The van der Waals surface area contributed by atoms with Gasteiger partial charge in [-0.15, -0.1) is 11.3 Å². The minimum Gasteiger partial charge on any atom is -0.459 e. The lowest BCUT2D eigenvalue weighted by atomic mass is 10.1. The molecule has 0 aliphatic heterocycles. The van der Waals surface area contributed by atoms with Crippen LogP contribution in [0.3, 0.4) is 0 Å². The number of carbonyl (C=O) groups excluding carboxylic acids is 3. The van der Waals surface area contributed by atoms with Crippen LogP contribution in [0.5, 0.6) is 0 Å². The van der Waals surface area contributed by atoms with Crippen molar-refractivity contribution in [3.05, 3.63) is 40.3 Å². The zero-order chi connectivity index (χ0) is 20.8. The molecule has 1 N–H and O–H groups in total. The fraction of sp³-hybridized carbons (Fsp3) is 0.421. The zero-order valence-corrected chi connectivity index (χ0v) is 17.4. The Bertz CT molecular complexity index is 860. The van der Waals surface area contributed by atoms with E-state index in [9.17, 15) is 14.4 Å². The molecule has 0 saturated carbocycles. The van der Waals surface area contributed by atoms with Crippen LogP contribution >= 0.6 is 11.3 Å². The van der Waals surface area contributed by atoms with Crippen molar-refractivity contribution >= 4 is 34.1 Å². The van der Waals surface area contributed by atoms with Crippen molar-refractivity contribution in [2.24, 2.45) is 0 Å². The molecule has 0 aliphatic carbocycles. The number of thiophene rings is 1. The molecule has 0 aromatic carbocycles. The third kappa shape index (κ3) is 4.72. The summed E-state index contributed by atoms with van der Waals surface area (Å²) in [5.41, 5.74) is 0.779. The van der Waals surface area contributed by atoms with Crippen LogP contribution in [0.1, 0.15) is 63.8 Å². The highest BCUT2D eigenvalue weighted by atomic mass is 32.1. The molecule has 2 heterocycles. The number of nitrogens with one attached hydrogen (secondary N) is 1. The number of anilines is 1. The Kier molecular flexibility index (Phi) is 7.22. The summed E-state index contributed by atoms with van der Waals surface area (Å²) in [7, 11) is 0. The number of hydrogen-bond acceptors (Lipinski definition) is 7. The molecule has 28 heavy (non-hydrogen) atoms. The van der Waals surface area contributed by atoms with Gasteiger partial charge in [0.25, 0.3) is 11.8 Å². The van der Waals surface area contributed by atoms with Gasteiger partial charge >= 0.3 is 5.97 Å². The molecule has 0 fully saturated rings. The predicted octanol–water partition coefficient (Wildman–Crippen LogP) is 3.15. The number of ether oxygens (including phenoxy) is 1. The normalized spacial score (nSPS) is 10.6. The predicted molar refractivity (Wildman–Crippen MR) is 107 cm³/mol. The molecule has 0 saturated heterocycles. The van der Waals surface area contributed by atoms with Crippen LogP contribution in [0.4, 0.5) is 5.00 Å². The van der Waals surface area contributed by atoms with E-state index in [0.717, 1.165) is 11.3 Å². The Morgan fingerprint density at radius 3 is 2.43 bits per heavy atom. The minimum absolute atomic E-state index is 0.105. The van der Waals surface area contributed by atoms with Crippen molar-refractivity contribution in [1.82, 2.24) is 14.9 Å². The summed E-state index contributed by atoms with van der Waals surface area (Å²) in [4.78, 5) is 47.9. The van der Waals surface area contributed by atoms with Crippen LogP contribution in [0, 0.1) is 6.92 Å². The van der Waals surface area contributed by atoms with Crippen molar-refractivity contribution in [2.45, 2.75) is 40.7 Å². The molecular formula is C19H24N4O4S. The largest absolute Gasteiger partial charge is 0.459 e. The van der Waals surface area contributed by atoms with Gasteiger partial charge < -0.3 is 15.0 Å². The minimum atomic E-state index is -0.586. The van der Waals surface area contributed by atoms with Gasteiger partial charge in [0.15, 0.2) is 0 Å². The number of carbonyl (C=O) groups is 3. The second kappa shape index (κ2) is 9.41. The first-order chi connectivity index (χ1) is 13.3. The zero-order valence-electron chi connectivity index (χ0n) is 16.6. The van der Waals surface area contributed by atoms with Gasteiger partial charge in [0, 0.05) is 25.5 Å². The lowest BCUT2D eigenvalue weighted by Crippen LogP contribution is -2.30. The number of esters is 1. The van der Waals surface area contributed by atoms with E-state index >= 15 is 0 Å². The van der Waals surface area contributed by atoms with E-state index in [4.69, 9.17) is 4.74 Å². The van der Waals surface area contributed by atoms with E-state index in [1.807, 2.05) is 13.8 Å². The summed E-state index contributed by atoms with van der Waals surface area (Å²) in [6.45, 7) is 10.0. The van der Waals surface area contributed by atoms with E-state index in [1.165, 1.54) is 18.6 Å². The van der Waals surface area contributed by atoms with Gasteiger partial charge in [0.2, 0.25) is 0 Å². The lowest BCUT2D eigenvalue weighted by Gasteiger charge is -2.18. The molecule has 9 heteroatoms. The average Bonchev–Trinajstić information content (AvgIpc) is 2.98. The molecule has 0 spiro atoms. The molecule has 0 unspecified atom stereocenters. The SMILES string of the molecule is CCN(CC)C(=O)c1sc(NC(=O)c2cnccn2)c(C(=O)OC(C)C)c1C.